The highest BCUT2D eigenvalue weighted by molar-refractivity contribution is 5.36. The van der Waals surface area contributed by atoms with Crippen LogP contribution < -0.4 is 0 Å². The molecule has 0 aromatic rings. The molecule has 7 aliphatic rings. The van der Waals surface area contributed by atoms with E-state index in [1.807, 2.05) is 0 Å². The number of rotatable bonds is 0. The van der Waals surface area contributed by atoms with Gasteiger partial charge in [0.2, 0.25) is 0 Å². The highest BCUT2D eigenvalue weighted by Gasteiger charge is 2.89. The fourth-order valence-corrected chi connectivity index (χ4v) is 8.92. The Kier molecular flexibility index (Phi) is 0.813. The Hall–Kier alpha value is 0. The molecule has 0 N–H and O–H groups in total. The van der Waals surface area contributed by atoms with E-state index in [1.54, 1.807) is 32.1 Å². The Balaban J connectivity index is 1.31. The zero-order valence-electron chi connectivity index (χ0n) is 9.81. The second kappa shape index (κ2) is 1.75. The maximum Gasteiger partial charge on any atom is -0.0204 e. The van der Waals surface area contributed by atoms with Crippen LogP contribution in [0.3, 0.4) is 0 Å². The van der Waals surface area contributed by atoms with Gasteiger partial charge in [0.05, 0.1) is 0 Å². The largest absolute Gasteiger partial charge is 0.0496 e. The van der Waals surface area contributed by atoms with Gasteiger partial charge in [-0.2, -0.15) is 0 Å². The summed E-state index contributed by atoms with van der Waals surface area (Å²) in [5.41, 5.74) is 1.02. The molecule has 1 spiro atoms. The number of hydrogen-bond acceptors (Lipinski definition) is 0. The summed E-state index contributed by atoms with van der Waals surface area (Å²) in [7, 11) is 0. The number of hydrogen-bond donors (Lipinski definition) is 0. The van der Waals surface area contributed by atoms with E-state index >= 15 is 0 Å². The van der Waals surface area contributed by atoms with Crippen molar-refractivity contribution < 1.29 is 0 Å². The maximum atomic E-state index is 1.68. The van der Waals surface area contributed by atoms with E-state index in [2.05, 4.69) is 0 Å². The summed E-state index contributed by atoms with van der Waals surface area (Å²) in [5.74, 6) is 12.8. The Morgan fingerprint density at radius 3 is 2.19 bits per heavy atom. The van der Waals surface area contributed by atoms with Crippen molar-refractivity contribution in [2.75, 3.05) is 0 Å². The van der Waals surface area contributed by atoms with Gasteiger partial charge in [-0.15, -0.1) is 0 Å². The summed E-state index contributed by atoms with van der Waals surface area (Å²) in [6.07, 6.45) is 8.22. The molecular formula is C16H20. The van der Waals surface area contributed by atoms with Gasteiger partial charge in [0.1, 0.15) is 0 Å². The minimum atomic E-state index is 1.02. The van der Waals surface area contributed by atoms with E-state index in [0.717, 1.165) is 5.41 Å². The minimum Gasteiger partial charge on any atom is -0.0496 e. The fourth-order valence-electron chi connectivity index (χ4n) is 8.92. The molecule has 11 atom stereocenters. The quantitative estimate of drug-likeness (QED) is 0.541. The van der Waals surface area contributed by atoms with Crippen molar-refractivity contribution in [2.24, 2.45) is 64.6 Å². The van der Waals surface area contributed by atoms with Crippen molar-refractivity contribution in [1.29, 1.82) is 0 Å². The van der Waals surface area contributed by atoms with E-state index in [1.165, 1.54) is 59.2 Å². The lowest BCUT2D eigenvalue weighted by Gasteiger charge is -2.94. The molecule has 0 aliphatic heterocycles. The van der Waals surface area contributed by atoms with Gasteiger partial charge in [-0.05, 0) is 96.7 Å². The molecule has 0 heteroatoms. The van der Waals surface area contributed by atoms with Gasteiger partial charge >= 0.3 is 0 Å². The topological polar surface area (TPSA) is 0 Å². The van der Waals surface area contributed by atoms with Gasteiger partial charge in [-0.25, -0.2) is 0 Å². The molecule has 16 heavy (non-hydrogen) atoms. The first-order valence-corrected chi connectivity index (χ1v) is 7.93. The first-order valence-electron chi connectivity index (χ1n) is 7.93. The first kappa shape index (κ1) is 7.44. The zero-order valence-corrected chi connectivity index (χ0v) is 9.81. The third kappa shape index (κ3) is 0.399. The van der Waals surface area contributed by atoms with Crippen molar-refractivity contribution in [3.05, 3.63) is 0 Å². The summed E-state index contributed by atoms with van der Waals surface area (Å²) in [6, 6.07) is 0. The highest BCUT2D eigenvalue weighted by Crippen LogP contribution is 2.94. The van der Waals surface area contributed by atoms with Crippen molar-refractivity contribution in [3.63, 3.8) is 0 Å². The van der Waals surface area contributed by atoms with Crippen LogP contribution in [0.1, 0.15) is 32.1 Å². The van der Waals surface area contributed by atoms with Gasteiger partial charge in [-0.1, -0.05) is 0 Å². The molecule has 11 unspecified atom stereocenters. The van der Waals surface area contributed by atoms with Crippen LogP contribution in [0.25, 0.3) is 0 Å². The van der Waals surface area contributed by atoms with E-state index in [-0.39, 0.29) is 0 Å². The summed E-state index contributed by atoms with van der Waals surface area (Å²) in [4.78, 5) is 0. The van der Waals surface area contributed by atoms with Crippen LogP contribution >= 0.6 is 0 Å². The summed E-state index contributed by atoms with van der Waals surface area (Å²) in [6.45, 7) is 0. The highest BCUT2D eigenvalue weighted by atomic mass is 14.9. The lowest BCUT2D eigenvalue weighted by atomic mass is 9.10. The lowest BCUT2D eigenvalue weighted by molar-refractivity contribution is -0.471. The van der Waals surface area contributed by atoms with Crippen LogP contribution in [0, 0.1) is 64.6 Å². The smallest absolute Gasteiger partial charge is 0.0204 e. The Morgan fingerprint density at radius 1 is 0.750 bits per heavy atom. The molecule has 0 radical (unpaired) electrons. The molecule has 7 fully saturated rings. The molecule has 0 aromatic heterocycles. The molecule has 0 nitrogen and oxygen atoms in total. The Morgan fingerprint density at radius 2 is 1.56 bits per heavy atom. The van der Waals surface area contributed by atoms with Gasteiger partial charge in [0.25, 0.3) is 0 Å². The summed E-state index contributed by atoms with van der Waals surface area (Å²) >= 11 is 0. The minimum absolute atomic E-state index is 1.02. The predicted molar refractivity (Wildman–Crippen MR) is 60.4 cm³/mol. The predicted octanol–water partition coefficient (Wildman–Crippen LogP) is 3.18. The van der Waals surface area contributed by atoms with Crippen LogP contribution in [0.2, 0.25) is 0 Å². The molecule has 0 saturated heterocycles. The van der Waals surface area contributed by atoms with Gasteiger partial charge < -0.3 is 0 Å². The van der Waals surface area contributed by atoms with Gasteiger partial charge in [-0.3, -0.25) is 0 Å². The van der Waals surface area contributed by atoms with Gasteiger partial charge in [0.15, 0.2) is 0 Å². The third-order valence-electron chi connectivity index (χ3n) is 9.42. The standard InChI is InChI=1S/C16H20/c1-2-8-7(1)10-11(8)14-13(10)12-9-5-6-3-4-16(6,9)15(12)14/h6-15H,1-5H2. The normalized spacial score (nSPS) is 87.0. The summed E-state index contributed by atoms with van der Waals surface area (Å²) in [5, 5.41) is 0. The monoisotopic (exact) mass is 212 g/mol. The third-order valence-corrected chi connectivity index (χ3v) is 9.42. The lowest BCUT2D eigenvalue weighted by Crippen LogP contribution is -2.90. The Bertz CT molecular complexity index is 437. The van der Waals surface area contributed by atoms with E-state index in [0.29, 0.717) is 0 Å². The van der Waals surface area contributed by atoms with Gasteiger partial charge in [0, 0.05) is 0 Å². The second-order valence-corrected chi connectivity index (χ2v) is 8.51. The zero-order chi connectivity index (χ0) is 9.81. The molecule has 0 amide bonds. The van der Waals surface area contributed by atoms with Crippen LogP contribution in [0.15, 0.2) is 0 Å². The van der Waals surface area contributed by atoms with Crippen molar-refractivity contribution in [2.45, 2.75) is 32.1 Å². The molecule has 84 valence electrons. The summed E-state index contributed by atoms with van der Waals surface area (Å²) < 4.78 is 0. The maximum absolute atomic E-state index is 1.68. The van der Waals surface area contributed by atoms with Crippen LogP contribution in [-0.4, -0.2) is 0 Å². The SMILES string of the molecule is C1CC2C1C1C2C2C1C1C3CC4CCC43C21. The van der Waals surface area contributed by atoms with Crippen molar-refractivity contribution >= 4 is 0 Å². The van der Waals surface area contributed by atoms with Crippen LogP contribution in [0.5, 0.6) is 0 Å². The first-order chi connectivity index (χ1) is 7.93. The number of fused-ring (bicyclic) bond motifs is 11. The average molecular weight is 212 g/mol. The molecule has 7 rings (SSSR count). The second-order valence-electron chi connectivity index (χ2n) is 8.51. The van der Waals surface area contributed by atoms with E-state index < -0.39 is 0 Å². The average Bonchev–Trinajstić information content (AvgIpc) is 2.20. The molecule has 7 saturated carbocycles. The molecule has 0 heterocycles. The van der Waals surface area contributed by atoms with E-state index in [9.17, 15) is 0 Å². The molecule has 0 bridgehead atoms. The van der Waals surface area contributed by atoms with Crippen LogP contribution in [0.4, 0.5) is 0 Å². The molecule has 7 aliphatic carbocycles. The fraction of sp³-hybridized carbons (Fsp3) is 1.00. The van der Waals surface area contributed by atoms with Crippen molar-refractivity contribution in [1.82, 2.24) is 0 Å². The Labute approximate surface area is 97.2 Å². The van der Waals surface area contributed by atoms with E-state index in [4.69, 9.17) is 0 Å². The molecular weight excluding hydrogens is 192 g/mol. The van der Waals surface area contributed by atoms with Crippen molar-refractivity contribution in [3.8, 4) is 0 Å². The molecule has 0 aromatic carbocycles. The van der Waals surface area contributed by atoms with Crippen LogP contribution in [-0.2, 0) is 0 Å².